The zero-order valence-corrected chi connectivity index (χ0v) is 18.4. The minimum atomic E-state index is -0.0876. The van der Waals surface area contributed by atoms with Crippen LogP contribution >= 0.6 is 0 Å². The molecule has 5 rings (SSSR count). The van der Waals surface area contributed by atoms with E-state index in [2.05, 4.69) is 17.4 Å². The maximum atomic E-state index is 13.2. The van der Waals surface area contributed by atoms with E-state index in [0.29, 0.717) is 25.9 Å². The Morgan fingerprint density at radius 3 is 2.09 bits per heavy atom. The number of benzene rings is 4. The number of hydrogen-bond donors (Lipinski definition) is 1. The third-order valence-electron chi connectivity index (χ3n) is 6.43. The largest absolute Gasteiger partial charge is 0.339 e. The van der Waals surface area contributed by atoms with Gasteiger partial charge in [-0.25, -0.2) is 0 Å². The van der Waals surface area contributed by atoms with Crippen molar-refractivity contribution < 1.29 is 9.59 Å². The zero-order valence-electron chi connectivity index (χ0n) is 18.4. The summed E-state index contributed by atoms with van der Waals surface area (Å²) in [6.45, 7) is 1.18. The Morgan fingerprint density at radius 2 is 1.33 bits per heavy atom. The number of hydrogen-bond acceptors (Lipinski definition) is 2. The van der Waals surface area contributed by atoms with Crippen LogP contribution < -0.4 is 5.32 Å². The van der Waals surface area contributed by atoms with Gasteiger partial charge in [0.05, 0.1) is 0 Å². The first kappa shape index (κ1) is 21.0. The van der Waals surface area contributed by atoms with Gasteiger partial charge in [-0.1, -0.05) is 78.9 Å². The molecular weight excluding hydrogens is 408 g/mol. The van der Waals surface area contributed by atoms with Crippen molar-refractivity contribution in [3.63, 3.8) is 0 Å². The van der Waals surface area contributed by atoms with Crippen LogP contribution in [-0.2, 0) is 4.79 Å². The van der Waals surface area contributed by atoms with Gasteiger partial charge in [0.25, 0.3) is 5.91 Å². The summed E-state index contributed by atoms with van der Waals surface area (Å²) < 4.78 is 0. The van der Waals surface area contributed by atoms with E-state index in [0.717, 1.165) is 33.2 Å². The van der Waals surface area contributed by atoms with Crippen LogP contribution in [0.15, 0.2) is 97.1 Å². The van der Waals surface area contributed by atoms with E-state index >= 15 is 0 Å². The standard InChI is InChI=1S/C29H26N2O2/c32-28(30-25-15-13-22(14-16-25)21-7-2-1-3-8-21)24-17-19-31(20-18-24)29(33)27-12-6-10-23-9-4-5-11-26(23)27/h1-16,24H,17-20H2,(H,30,32). The molecule has 2 amide bonds. The predicted molar refractivity (Wildman–Crippen MR) is 133 cm³/mol. The highest BCUT2D eigenvalue weighted by Gasteiger charge is 2.28. The van der Waals surface area contributed by atoms with Crippen molar-refractivity contribution in [2.45, 2.75) is 12.8 Å². The maximum absolute atomic E-state index is 13.2. The van der Waals surface area contributed by atoms with Gasteiger partial charge < -0.3 is 10.2 Å². The molecule has 0 atom stereocenters. The highest BCUT2D eigenvalue weighted by Crippen LogP contribution is 2.25. The second kappa shape index (κ2) is 9.29. The fraction of sp³-hybridized carbons (Fsp3) is 0.172. The molecule has 1 saturated heterocycles. The summed E-state index contributed by atoms with van der Waals surface area (Å²) in [6, 6.07) is 31.9. The van der Waals surface area contributed by atoms with Crippen molar-refractivity contribution in [3.05, 3.63) is 103 Å². The van der Waals surface area contributed by atoms with Crippen LogP contribution in [0.2, 0.25) is 0 Å². The molecule has 1 N–H and O–H groups in total. The van der Waals surface area contributed by atoms with Crippen LogP contribution in [-0.4, -0.2) is 29.8 Å². The second-order valence-electron chi connectivity index (χ2n) is 8.53. The monoisotopic (exact) mass is 434 g/mol. The molecule has 4 aromatic carbocycles. The number of nitrogens with one attached hydrogen (secondary N) is 1. The van der Waals surface area contributed by atoms with Gasteiger partial charge >= 0.3 is 0 Å². The van der Waals surface area contributed by atoms with Crippen molar-refractivity contribution in [1.29, 1.82) is 0 Å². The van der Waals surface area contributed by atoms with Crippen LogP contribution in [0, 0.1) is 5.92 Å². The van der Waals surface area contributed by atoms with Crippen LogP contribution in [0.4, 0.5) is 5.69 Å². The lowest BCUT2D eigenvalue weighted by Gasteiger charge is -2.31. The Bertz CT molecular complexity index is 1270. The number of carbonyl (C=O) groups excluding carboxylic acids is 2. The lowest BCUT2D eigenvalue weighted by Crippen LogP contribution is -2.41. The molecule has 0 aliphatic carbocycles. The third-order valence-corrected chi connectivity index (χ3v) is 6.43. The molecule has 0 radical (unpaired) electrons. The number of nitrogens with zero attached hydrogens (tertiary/aromatic N) is 1. The average molecular weight is 435 g/mol. The van der Waals surface area contributed by atoms with E-state index in [1.54, 1.807) is 0 Å². The van der Waals surface area contributed by atoms with Gasteiger partial charge in [-0.2, -0.15) is 0 Å². The summed E-state index contributed by atoms with van der Waals surface area (Å²) in [7, 11) is 0. The Balaban J connectivity index is 1.19. The van der Waals surface area contributed by atoms with E-state index in [9.17, 15) is 9.59 Å². The van der Waals surface area contributed by atoms with Crippen molar-refractivity contribution in [3.8, 4) is 11.1 Å². The van der Waals surface area contributed by atoms with Crippen molar-refractivity contribution >= 4 is 28.3 Å². The maximum Gasteiger partial charge on any atom is 0.254 e. The topological polar surface area (TPSA) is 49.4 Å². The first-order chi connectivity index (χ1) is 16.2. The van der Waals surface area contributed by atoms with Crippen molar-refractivity contribution in [2.75, 3.05) is 18.4 Å². The summed E-state index contributed by atoms with van der Waals surface area (Å²) in [5, 5.41) is 5.09. The van der Waals surface area contributed by atoms with Crippen LogP contribution in [0.25, 0.3) is 21.9 Å². The Hall–Kier alpha value is -3.92. The highest BCUT2D eigenvalue weighted by atomic mass is 16.2. The number of likely N-dealkylation sites (tertiary alicyclic amines) is 1. The molecular formula is C29H26N2O2. The summed E-state index contributed by atoms with van der Waals surface area (Å²) in [5.41, 5.74) is 3.80. The van der Waals surface area contributed by atoms with Crippen LogP contribution in [0.1, 0.15) is 23.2 Å². The molecule has 1 fully saturated rings. The molecule has 0 bridgehead atoms. The quantitative estimate of drug-likeness (QED) is 0.428. The molecule has 4 aromatic rings. The summed E-state index contributed by atoms with van der Waals surface area (Å²) in [4.78, 5) is 27.9. The molecule has 4 nitrogen and oxygen atoms in total. The van der Waals surface area contributed by atoms with E-state index in [4.69, 9.17) is 0 Å². The normalized spacial score (nSPS) is 14.2. The number of fused-ring (bicyclic) bond motifs is 1. The molecule has 0 saturated carbocycles. The van der Waals surface area contributed by atoms with E-state index in [-0.39, 0.29) is 17.7 Å². The first-order valence-corrected chi connectivity index (χ1v) is 11.4. The highest BCUT2D eigenvalue weighted by molar-refractivity contribution is 6.07. The average Bonchev–Trinajstić information content (AvgIpc) is 2.89. The van der Waals surface area contributed by atoms with E-state index in [1.807, 2.05) is 89.8 Å². The van der Waals surface area contributed by atoms with Gasteiger partial charge in [0.1, 0.15) is 0 Å². The lowest BCUT2D eigenvalue weighted by molar-refractivity contribution is -0.121. The molecule has 4 heteroatoms. The van der Waals surface area contributed by atoms with E-state index < -0.39 is 0 Å². The molecule has 164 valence electrons. The summed E-state index contributed by atoms with van der Waals surface area (Å²) >= 11 is 0. The Kier molecular flexibility index (Phi) is 5.90. The Labute approximate surface area is 193 Å². The van der Waals surface area contributed by atoms with Crippen LogP contribution in [0.5, 0.6) is 0 Å². The minimum absolute atomic E-state index is 0.0275. The molecule has 1 heterocycles. The number of anilines is 1. The molecule has 0 unspecified atom stereocenters. The summed E-state index contributed by atoms with van der Waals surface area (Å²) in [5.74, 6) is -0.0164. The van der Waals surface area contributed by atoms with Gasteiger partial charge in [0.2, 0.25) is 5.91 Å². The SMILES string of the molecule is O=C(Nc1ccc(-c2ccccc2)cc1)C1CCN(C(=O)c2cccc3ccccc23)CC1. The van der Waals surface area contributed by atoms with Gasteiger partial charge in [0.15, 0.2) is 0 Å². The van der Waals surface area contributed by atoms with Gasteiger partial charge in [0, 0.05) is 30.3 Å². The van der Waals surface area contributed by atoms with Crippen molar-refractivity contribution in [2.24, 2.45) is 5.92 Å². The minimum Gasteiger partial charge on any atom is -0.339 e. The molecule has 0 spiro atoms. The zero-order chi connectivity index (χ0) is 22.6. The lowest BCUT2D eigenvalue weighted by atomic mass is 9.94. The third kappa shape index (κ3) is 4.51. The fourth-order valence-electron chi connectivity index (χ4n) is 4.55. The van der Waals surface area contributed by atoms with Crippen LogP contribution in [0.3, 0.4) is 0 Å². The molecule has 1 aliphatic heterocycles. The number of carbonyl (C=O) groups is 2. The second-order valence-corrected chi connectivity index (χ2v) is 8.53. The number of amides is 2. The predicted octanol–water partition coefficient (Wildman–Crippen LogP) is 6.00. The van der Waals surface area contributed by atoms with Crippen molar-refractivity contribution in [1.82, 2.24) is 4.90 Å². The molecule has 0 aromatic heterocycles. The van der Waals surface area contributed by atoms with Gasteiger partial charge in [-0.15, -0.1) is 0 Å². The van der Waals surface area contributed by atoms with E-state index in [1.165, 1.54) is 0 Å². The first-order valence-electron chi connectivity index (χ1n) is 11.4. The van der Waals surface area contributed by atoms with Gasteiger partial charge in [-0.3, -0.25) is 9.59 Å². The van der Waals surface area contributed by atoms with Gasteiger partial charge in [-0.05, 0) is 52.9 Å². The fourth-order valence-corrected chi connectivity index (χ4v) is 4.55. The molecule has 1 aliphatic rings. The number of piperidine rings is 1. The smallest absolute Gasteiger partial charge is 0.254 e. The Morgan fingerprint density at radius 1 is 0.697 bits per heavy atom. The molecule has 33 heavy (non-hydrogen) atoms. The number of rotatable bonds is 4. The summed E-state index contributed by atoms with van der Waals surface area (Å²) in [6.07, 6.45) is 1.34.